The van der Waals surface area contributed by atoms with Crippen molar-refractivity contribution in [2.45, 2.75) is 38.7 Å². The minimum atomic E-state index is -0.0825. The third kappa shape index (κ3) is 4.89. The number of aromatic nitrogens is 1. The number of halogens is 2. The summed E-state index contributed by atoms with van der Waals surface area (Å²) in [6.07, 6.45) is 2.40. The Balaban J connectivity index is 1.51. The monoisotopic (exact) mass is 422 g/mol. The zero-order valence-corrected chi connectivity index (χ0v) is 17.6. The molecule has 2 aromatic rings. The molecular weight excluding hydrogens is 399 g/mol. The molecule has 0 radical (unpaired) electrons. The number of nitrogens with zero attached hydrogens (tertiary/aromatic N) is 2. The van der Waals surface area contributed by atoms with Gasteiger partial charge in [-0.1, -0.05) is 29.3 Å². The first-order valence-corrected chi connectivity index (χ1v) is 10.2. The van der Waals surface area contributed by atoms with E-state index < -0.39 is 0 Å². The topological polar surface area (TPSA) is 51.5 Å². The number of carbonyl (C=O) groups is 1. The Labute approximate surface area is 174 Å². The van der Waals surface area contributed by atoms with E-state index in [0.717, 1.165) is 24.1 Å². The molecule has 1 saturated heterocycles. The van der Waals surface area contributed by atoms with Crippen LogP contribution in [0, 0.1) is 6.92 Å². The van der Waals surface area contributed by atoms with Gasteiger partial charge >= 0.3 is 0 Å². The molecular formula is C21H24Cl2N2O3. The summed E-state index contributed by atoms with van der Waals surface area (Å²) in [5.74, 6) is 0.692. The average molecular weight is 423 g/mol. The number of benzene rings is 1. The van der Waals surface area contributed by atoms with Gasteiger partial charge in [-0.25, -0.2) is 0 Å². The third-order valence-electron chi connectivity index (χ3n) is 5.22. The minimum absolute atomic E-state index is 0.00793. The van der Waals surface area contributed by atoms with Gasteiger partial charge in [0.05, 0.1) is 0 Å². The summed E-state index contributed by atoms with van der Waals surface area (Å²) in [6, 6.07) is 8.75. The maximum absolute atomic E-state index is 12.5. The maximum atomic E-state index is 12.5. The second kappa shape index (κ2) is 9.01. The molecule has 3 rings (SSSR count). The number of rotatable bonds is 5. The lowest BCUT2D eigenvalue weighted by Gasteiger charge is -2.32. The first-order valence-electron chi connectivity index (χ1n) is 9.40. The van der Waals surface area contributed by atoms with Crippen molar-refractivity contribution in [1.29, 1.82) is 0 Å². The van der Waals surface area contributed by atoms with E-state index in [4.69, 9.17) is 27.9 Å². The van der Waals surface area contributed by atoms with Gasteiger partial charge in [0.25, 0.3) is 5.56 Å². The van der Waals surface area contributed by atoms with Gasteiger partial charge in [0.2, 0.25) is 5.91 Å². The first-order chi connectivity index (χ1) is 13.3. The van der Waals surface area contributed by atoms with Crippen LogP contribution in [-0.4, -0.2) is 34.6 Å². The summed E-state index contributed by atoms with van der Waals surface area (Å²) in [4.78, 5) is 26.3. The van der Waals surface area contributed by atoms with Crippen molar-refractivity contribution in [1.82, 2.24) is 9.47 Å². The molecule has 0 saturated carbocycles. The second-order valence-corrected chi connectivity index (χ2v) is 7.94. The van der Waals surface area contributed by atoms with Crippen LogP contribution in [0.4, 0.5) is 0 Å². The number of amides is 1. The summed E-state index contributed by atoms with van der Waals surface area (Å²) < 4.78 is 7.56. The molecule has 0 aliphatic carbocycles. The van der Waals surface area contributed by atoms with Crippen molar-refractivity contribution >= 4 is 29.1 Å². The van der Waals surface area contributed by atoms with Crippen LogP contribution in [0.2, 0.25) is 10.0 Å². The number of pyridine rings is 1. The smallest absolute Gasteiger partial charge is 0.254 e. The normalized spacial score (nSPS) is 14.9. The summed E-state index contributed by atoms with van der Waals surface area (Å²) >= 11 is 12.4. The van der Waals surface area contributed by atoms with Crippen molar-refractivity contribution in [3.8, 4) is 5.75 Å². The molecule has 0 bridgehead atoms. The van der Waals surface area contributed by atoms with Crippen LogP contribution in [-0.2, 0) is 18.3 Å². The van der Waals surface area contributed by atoms with Gasteiger partial charge in [-0.15, -0.1) is 0 Å². The summed E-state index contributed by atoms with van der Waals surface area (Å²) in [5.41, 5.74) is 1.59. The fourth-order valence-electron chi connectivity index (χ4n) is 3.38. The molecule has 28 heavy (non-hydrogen) atoms. The molecule has 1 amide bonds. The van der Waals surface area contributed by atoms with Crippen LogP contribution in [0.3, 0.4) is 0 Å². The maximum Gasteiger partial charge on any atom is 0.254 e. The lowest BCUT2D eigenvalue weighted by molar-refractivity contribution is -0.132. The Kier molecular flexibility index (Phi) is 6.68. The average Bonchev–Trinajstić information content (AvgIpc) is 2.66. The van der Waals surface area contributed by atoms with E-state index in [1.807, 2.05) is 17.9 Å². The lowest BCUT2D eigenvalue weighted by Crippen LogP contribution is -2.42. The quantitative estimate of drug-likeness (QED) is 0.731. The van der Waals surface area contributed by atoms with Crippen molar-refractivity contribution in [2.24, 2.45) is 7.05 Å². The molecule has 0 spiro atoms. The molecule has 7 heteroatoms. The van der Waals surface area contributed by atoms with E-state index in [2.05, 4.69) is 0 Å². The Hall–Kier alpha value is -1.98. The largest absolute Gasteiger partial charge is 0.490 e. The van der Waals surface area contributed by atoms with Gasteiger partial charge in [-0.05, 0) is 37.1 Å². The van der Waals surface area contributed by atoms with E-state index in [9.17, 15) is 9.59 Å². The molecule has 0 unspecified atom stereocenters. The predicted octanol–water partition coefficient (Wildman–Crippen LogP) is 4.00. The highest BCUT2D eigenvalue weighted by molar-refractivity contribution is 6.36. The van der Waals surface area contributed by atoms with Crippen LogP contribution in [0.5, 0.6) is 5.75 Å². The number of likely N-dealkylation sites (tertiary alicyclic amines) is 1. The summed E-state index contributed by atoms with van der Waals surface area (Å²) in [6.45, 7) is 3.16. The highest BCUT2D eigenvalue weighted by Gasteiger charge is 2.24. The molecule has 5 nitrogen and oxygen atoms in total. The van der Waals surface area contributed by atoms with Gasteiger partial charge in [0.1, 0.15) is 11.9 Å². The number of hydrogen-bond donors (Lipinski definition) is 0. The Morgan fingerprint density at radius 1 is 1.18 bits per heavy atom. The lowest BCUT2D eigenvalue weighted by atomic mass is 10.1. The van der Waals surface area contributed by atoms with Crippen LogP contribution in [0.1, 0.15) is 30.5 Å². The SMILES string of the molecule is Cc1cc(OC2CCN(C(=O)CCc3c(Cl)cccc3Cl)CC2)cc(=O)n1C. The van der Waals surface area contributed by atoms with Gasteiger partial charge in [-0.3, -0.25) is 9.59 Å². The van der Waals surface area contributed by atoms with Crippen molar-refractivity contribution < 1.29 is 9.53 Å². The van der Waals surface area contributed by atoms with E-state index in [1.54, 1.807) is 29.8 Å². The highest BCUT2D eigenvalue weighted by atomic mass is 35.5. The predicted molar refractivity (Wildman–Crippen MR) is 111 cm³/mol. The molecule has 150 valence electrons. The zero-order chi connectivity index (χ0) is 20.3. The van der Waals surface area contributed by atoms with Crippen LogP contribution in [0.25, 0.3) is 0 Å². The van der Waals surface area contributed by atoms with Gasteiger partial charge in [-0.2, -0.15) is 0 Å². The van der Waals surface area contributed by atoms with E-state index >= 15 is 0 Å². The van der Waals surface area contributed by atoms with Gasteiger partial charge < -0.3 is 14.2 Å². The number of hydrogen-bond acceptors (Lipinski definition) is 3. The number of ether oxygens (including phenoxy) is 1. The fourth-order valence-corrected chi connectivity index (χ4v) is 3.97. The Bertz CT molecular complexity index is 898. The molecule has 1 aliphatic heterocycles. The number of piperidine rings is 1. The van der Waals surface area contributed by atoms with E-state index in [1.165, 1.54) is 6.07 Å². The van der Waals surface area contributed by atoms with E-state index in [-0.39, 0.29) is 17.6 Å². The summed E-state index contributed by atoms with van der Waals surface area (Å²) in [7, 11) is 1.74. The highest BCUT2D eigenvalue weighted by Crippen LogP contribution is 2.26. The molecule has 1 aromatic heterocycles. The third-order valence-corrected chi connectivity index (χ3v) is 5.93. The molecule has 1 aromatic carbocycles. The number of aryl methyl sites for hydroxylation is 1. The van der Waals surface area contributed by atoms with Crippen molar-refractivity contribution in [2.75, 3.05) is 13.1 Å². The molecule has 0 atom stereocenters. The fraction of sp³-hybridized carbons (Fsp3) is 0.429. The molecule has 0 N–H and O–H groups in total. The van der Waals surface area contributed by atoms with Crippen LogP contribution in [0.15, 0.2) is 35.1 Å². The molecule has 2 heterocycles. The van der Waals surface area contributed by atoms with Crippen molar-refractivity contribution in [3.63, 3.8) is 0 Å². The summed E-state index contributed by atoms with van der Waals surface area (Å²) in [5, 5.41) is 1.19. The van der Waals surface area contributed by atoms with Crippen LogP contribution < -0.4 is 10.3 Å². The first kappa shape index (κ1) is 20.7. The molecule has 1 fully saturated rings. The zero-order valence-electron chi connectivity index (χ0n) is 16.1. The Morgan fingerprint density at radius 3 is 2.43 bits per heavy atom. The van der Waals surface area contributed by atoms with E-state index in [0.29, 0.717) is 41.7 Å². The Morgan fingerprint density at radius 2 is 1.82 bits per heavy atom. The standard InChI is InChI=1S/C21H24Cl2N2O3/c1-14-12-16(13-21(27)24(14)2)28-15-8-10-25(11-9-15)20(26)7-6-17-18(22)4-3-5-19(17)23/h3-5,12-13,15H,6-11H2,1-2H3. The van der Waals surface area contributed by atoms with Gasteiger partial charge in [0.15, 0.2) is 0 Å². The van der Waals surface area contributed by atoms with Gasteiger partial charge in [0, 0.05) is 61.2 Å². The minimum Gasteiger partial charge on any atom is -0.490 e. The number of carbonyl (C=O) groups excluding carboxylic acids is 1. The van der Waals surface area contributed by atoms with Crippen molar-refractivity contribution in [3.05, 3.63) is 62.0 Å². The molecule has 1 aliphatic rings. The second-order valence-electron chi connectivity index (χ2n) is 7.13. The van der Waals surface area contributed by atoms with Crippen LogP contribution >= 0.6 is 23.2 Å².